The van der Waals surface area contributed by atoms with Crippen molar-refractivity contribution in [2.24, 2.45) is 0 Å². The Morgan fingerprint density at radius 2 is 1.80 bits per heavy atom. The zero-order valence-corrected chi connectivity index (χ0v) is 25.1. The molecule has 0 atom stereocenters. The molecule has 1 amide bonds. The molecule has 41 heavy (non-hydrogen) atoms. The highest BCUT2D eigenvalue weighted by Gasteiger charge is 2.46. The molecule has 1 aliphatic rings. The highest BCUT2D eigenvalue weighted by molar-refractivity contribution is 6.31. The van der Waals surface area contributed by atoms with Crippen LogP contribution in [0.5, 0.6) is 0 Å². The van der Waals surface area contributed by atoms with Gasteiger partial charge in [-0.1, -0.05) is 36.2 Å². The first kappa shape index (κ1) is 29.1. The highest BCUT2D eigenvalue weighted by atomic mass is 35.5. The third kappa shape index (κ3) is 6.58. The Morgan fingerprint density at radius 1 is 1.07 bits per heavy atom. The van der Waals surface area contributed by atoms with Gasteiger partial charge in [0, 0.05) is 21.5 Å². The maximum absolute atomic E-state index is 12.8. The molecule has 1 aliphatic heterocycles. The summed E-state index contributed by atoms with van der Waals surface area (Å²) in [6, 6.07) is 13.3. The van der Waals surface area contributed by atoms with Gasteiger partial charge in [-0.25, -0.2) is 4.79 Å². The molecule has 1 fully saturated rings. The lowest BCUT2D eigenvalue weighted by Crippen LogP contribution is -2.59. The Balaban J connectivity index is 1.42. The fourth-order valence-electron chi connectivity index (χ4n) is 4.58. The molecule has 0 saturated carbocycles. The Kier molecular flexibility index (Phi) is 7.89. The van der Waals surface area contributed by atoms with E-state index in [2.05, 4.69) is 22.4 Å². The minimum absolute atomic E-state index is 0.139. The number of unbranched alkanes of at least 4 members (excludes halogenated alkanes) is 1. The monoisotopic (exact) mass is 581 g/mol. The van der Waals surface area contributed by atoms with E-state index in [1.54, 1.807) is 20.8 Å². The molecule has 2 aromatic carbocycles. The van der Waals surface area contributed by atoms with Crippen LogP contribution >= 0.6 is 11.6 Å². The van der Waals surface area contributed by atoms with E-state index in [4.69, 9.17) is 34.8 Å². The SMILES string of the molecule is CCCCc1ccc(-c2nc(-c3ccc4oc(C5(NC(=O)OC(C)(C)C)COC(C)(C)OC5)cc4c3)no2)cc1Cl. The summed E-state index contributed by atoms with van der Waals surface area (Å²) >= 11 is 6.51. The fourth-order valence-corrected chi connectivity index (χ4v) is 4.85. The van der Waals surface area contributed by atoms with Gasteiger partial charge in [0.2, 0.25) is 5.82 Å². The summed E-state index contributed by atoms with van der Waals surface area (Å²) < 4.78 is 29.2. The van der Waals surface area contributed by atoms with Crippen LogP contribution in [-0.2, 0) is 26.2 Å². The van der Waals surface area contributed by atoms with Gasteiger partial charge in [-0.15, -0.1) is 0 Å². The van der Waals surface area contributed by atoms with Crippen molar-refractivity contribution >= 4 is 28.7 Å². The first-order valence-electron chi connectivity index (χ1n) is 13.8. The second-order valence-corrected chi connectivity index (χ2v) is 12.3. The topological polar surface area (TPSA) is 109 Å². The lowest BCUT2D eigenvalue weighted by Gasteiger charge is -2.42. The van der Waals surface area contributed by atoms with Gasteiger partial charge in [0.25, 0.3) is 5.89 Å². The van der Waals surface area contributed by atoms with Crippen molar-refractivity contribution in [1.29, 1.82) is 0 Å². The number of carbonyl (C=O) groups excluding carboxylic acids is 1. The molecule has 218 valence electrons. The summed E-state index contributed by atoms with van der Waals surface area (Å²) in [6.07, 6.45) is 2.53. The first-order valence-corrected chi connectivity index (χ1v) is 14.2. The number of hydrogen-bond acceptors (Lipinski definition) is 8. The van der Waals surface area contributed by atoms with Crippen LogP contribution in [0.4, 0.5) is 4.79 Å². The third-order valence-corrected chi connectivity index (χ3v) is 7.20. The smallest absolute Gasteiger partial charge is 0.408 e. The summed E-state index contributed by atoms with van der Waals surface area (Å²) in [5.41, 5.74) is 1.48. The van der Waals surface area contributed by atoms with Crippen molar-refractivity contribution in [2.45, 2.75) is 77.7 Å². The van der Waals surface area contributed by atoms with Gasteiger partial charge in [0.1, 0.15) is 22.5 Å². The summed E-state index contributed by atoms with van der Waals surface area (Å²) in [7, 11) is 0. The molecule has 2 aromatic heterocycles. The van der Waals surface area contributed by atoms with E-state index in [1.165, 1.54) is 0 Å². The van der Waals surface area contributed by atoms with Crippen molar-refractivity contribution in [3.63, 3.8) is 0 Å². The van der Waals surface area contributed by atoms with Gasteiger partial charge < -0.3 is 28.5 Å². The molecule has 4 aromatic rings. The number of halogens is 1. The van der Waals surface area contributed by atoms with Gasteiger partial charge in [0.05, 0.1) is 13.2 Å². The van der Waals surface area contributed by atoms with E-state index in [1.807, 2.05) is 56.3 Å². The number of nitrogens with zero attached hydrogens (tertiary/aromatic N) is 2. The van der Waals surface area contributed by atoms with Crippen LogP contribution in [0.15, 0.2) is 51.4 Å². The number of furan rings is 1. The van der Waals surface area contributed by atoms with E-state index < -0.39 is 23.0 Å². The Labute approximate surface area is 244 Å². The first-order chi connectivity index (χ1) is 19.4. The number of rotatable bonds is 7. The zero-order chi connectivity index (χ0) is 29.4. The number of aromatic nitrogens is 2. The molecule has 1 N–H and O–H groups in total. The second-order valence-electron chi connectivity index (χ2n) is 11.9. The van der Waals surface area contributed by atoms with E-state index in [0.29, 0.717) is 28.1 Å². The second kappa shape index (κ2) is 11.1. The summed E-state index contributed by atoms with van der Waals surface area (Å²) in [5.74, 6) is 0.506. The number of aryl methyl sites for hydroxylation is 1. The largest absolute Gasteiger partial charge is 0.458 e. The normalized spacial score (nSPS) is 16.6. The van der Waals surface area contributed by atoms with Crippen LogP contribution in [-0.4, -0.2) is 40.8 Å². The molecule has 0 radical (unpaired) electrons. The van der Waals surface area contributed by atoms with Crippen molar-refractivity contribution < 1.29 is 27.9 Å². The third-order valence-electron chi connectivity index (χ3n) is 6.84. The number of nitrogens with one attached hydrogen (secondary N) is 1. The molecule has 1 saturated heterocycles. The van der Waals surface area contributed by atoms with Crippen molar-refractivity contribution in [3.8, 4) is 22.8 Å². The van der Waals surface area contributed by atoms with Gasteiger partial charge in [-0.3, -0.25) is 0 Å². The predicted molar refractivity (Wildman–Crippen MR) is 156 cm³/mol. The van der Waals surface area contributed by atoms with Crippen molar-refractivity contribution in [1.82, 2.24) is 15.5 Å². The van der Waals surface area contributed by atoms with Gasteiger partial charge in [-0.2, -0.15) is 4.98 Å². The number of alkyl carbamates (subject to hydrolysis) is 1. The fraction of sp³-hybridized carbons (Fsp3) is 0.452. The van der Waals surface area contributed by atoms with Crippen LogP contribution < -0.4 is 5.32 Å². The minimum Gasteiger partial charge on any atom is -0.458 e. The van der Waals surface area contributed by atoms with E-state index >= 15 is 0 Å². The lowest BCUT2D eigenvalue weighted by molar-refractivity contribution is -0.274. The summed E-state index contributed by atoms with van der Waals surface area (Å²) in [4.78, 5) is 17.4. The van der Waals surface area contributed by atoms with E-state index in [0.717, 1.165) is 41.3 Å². The van der Waals surface area contributed by atoms with Crippen LogP contribution in [0, 0.1) is 0 Å². The maximum Gasteiger partial charge on any atom is 0.408 e. The molecular weight excluding hydrogens is 546 g/mol. The van der Waals surface area contributed by atoms with Crippen LogP contribution in [0.3, 0.4) is 0 Å². The number of hydrogen-bond donors (Lipinski definition) is 1. The quantitative estimate of drug-likeness (QED) is 0.237. The maximum atomic E-state index is 12.8. The summed E-state index contributed by atoms with van der Waals surface area (Å²) in [6.45, 7) is 11.5. The molecule has 5 rings (SSSR count). The molecule has 3 heterocycles. The van der Waals surface area contributed by atoms with E-state index in [-0.39, 0.29) is 13.2 Å². The van der Waals surface area contributed by atoms with Crippen LogP contribution in [0.25, 0.3) is 33.8 Å². The molecular formula is C31H36ClN3O6. The van der Waals surface area contributed by atoms with Gasteiger partial charge in [-0.05, 0) is 89.4 Å². The predicted octanol–water partition coefficient (Wildman–Crippen LogP) is 7.65. The molecule has 10 heteroatoms. The average molecular weight is 582 g/mol. The molecule has 0 bridgehead atoms. The van der Waals surface area contributed by atoms with Crippen molar-refractivity contribution in [3.05, 3.63) is 58.8 Å². The van der Waals surface area contributed by atoms with Crippen molar-refractivity contribution in [2.75, 3.05) is 13.2 Å². The standard InChI is InChI=1S/C31H36ClN3O6/c1-7-8-9-19-10-11-21(15-23(19)32)27-33-26(35-41-27)20-12-13-24-22(14-20)16-25(39-24)31(17-37-30(5,6)38-18-31)34-28(36)40-29(2,3)4/h10-16H,7-9,17-18H2,1-6H3,(H,34,36). The van der Waals surface area contributed by atoms with Gasteiger partial charge >= 0.3 is 6.09 Å². The lowest BCUT2D eigenvalue weighted by atomic mass is 9.96. The number of ether oxygens (including phenoxy) is 3. The molecule has 9 nitrogen and oxygen atoms in total. The number of carbonyl (C=O) groups is 1. The Bertz CT molecular complexity index is 1540. The molecule has 0 spiro atoms. The van der Waals surface area contributed by atoms with E-state index in [9.17, 15) is 4.79 Å². The zero-order valence-electron chi connectivity index (χ0n) is 24.3. The minimum atomic E-state index is -1.08. The number of benzene rings is 2. The highest BCUT2D eigenvalue weighted by Crippen LogP contribution is 2.36. The van der Waals surface area contributed by atoms with Crippen LogP contribution in [0.2, 0.25) is 5.02 Å². The average Bonchev–Trinajstić information content (AvgIpc) is 3.56. The Hall–Kier alpha value is -3.40. The molecule has 0 unspecified atom stereocenters. The number of amides is 1. The Morgan fingerprint density at radius 3 is 2.49 bits per heavy atom. The molecule has 0 aliphatic carbocycles. The van der Waals surface area contributed by atoms with Gasteiger partial charge in [0.15, 0.2) is 5.79 Å². The number of fused-ring (bicyclic) bond motifs is 1. The summed E-state index contributed by atoms with van der Waals surface area (Å²) in [5, 5.41) is 8.62. The van der Waals surface area contributed by atoms with Crippen LogP contribution in [0.1, 0.15) is 65.7 Å².